The van der Waals surface area contributed by atoms with Gasteiger partial charge in [-0.3, -0.25) is 14.4 Å². The molecule has 0 aliphatic carbocycles. The Balaban J connectivity index is 3.48. The van der Waals surface area contributed by atoms with Crippen LogP contribution in [0.4, 0.5) is 0 Å². The van der Waals surface area contributed by atoms with E-state index in [1.165, 1.54) is 96.8 Å². The fourth-order valence-electron chi connectivity index (χ4n) is 3.82. The van der Waals surface area contributed by atoms with Crippen LogP contribution in [-0.4, -0.2) is 30.1 Å². The summed E-state index contributed by atoms with van der Waals surface area (Å²) in [5, 5.41) is 3.10. The van der Waals surface area contributed by atoms with Gasteiger partial charge in [-0.1, -0.05) is 103 Å². The van der Waals surface area contributed by atoms with E-state index in [1.807, 2.05) is 0 Å². The Morgan fingerprint density at radius 1 is 0.700 bits per heavy atom. The van der Waals surface area contributed by atoms with Crippen LogP contribution in [0.2, 0.25) is 0 Å². The molecule has 1 atom stereocenters. The van der Waals surface area contributed by atoms with Crippen molar-refractivity contribution in [2.75, 3.05) is 6.54 Å². The smallest absolute Gasteiger partial charge is 0.219 e. The SMILES string of the molecule is CCCCCCCCCCCCCCCCCCNC(CC(N)=O)C(=O)CC(C)=O. The van der Waals surface area contributed by atoms with Gasteiger partial charge in [-0.25, -0.2) is 0 Å². The van der Waals surface area contributed by atoms with E-state index in [0.29, 0.717) is 6.54 Å². The normalized spacial score (nSPS) is 12.1. The van der Waals surface area contributed by atoms with E-state index in [2.05, 4.69) is 12.2 Å². The summed E-state index contributed by atoms with van der Waals surface area (Å²) in [5.74, 6) is -0.937. The van der Waals surface area contributed by atoms with Gasteiger partial charge in [-0.05, 0) is 19.9 Å². The second-order valence-electron chi connectivity index (χ2n) is 8.83. The third-order valence-corrected chi connectivity index (χ3v) is 5.64. The van der Waals surface area contributed by atoms with Crippen LogP contribution in [0, 0.1) is 0 Å². The Morgan fingerprint density at radius 3 is 1.47 bits per heavy atom. The van der Waals surface area contributed by atoms with Crippen molar-refractivity contribution in [1.29, 1.82) is 0 Å². The first-order chi connectivity index (χ1) is 14.5. The van der Waals surface area contributed by atoms with Gasteiger partial charge in [-0.15, -0.1) is 0 Å². The quantitative estimate of drug-likeness (QED) is 0.164. The van der Waals surface area contributed by atoms with Crippen LogP contribution < -0.4 is 11.1 Å². The molecule has 0 spiro atoms. The molecule has 0 aromatic rings. The number of ketones is 2. The molecule has 176 valence electrons. The Hall–Kier alpha value is -1.23. The van der Waals surface area contributed by atoms with E-state index in [4.69, 9.17) is 5.73 Å². The van der Waals surface area contributed by atoms with Gasteiger partial charge in [0.1, 0.15) is 5.78 Å². The molecule has 0 bridgehead atoms. The van der Waals surface area contributed by atoms with Crippen molar-refractivity contribution in [1.82, 2.24) is 5.32 Å². The number of carbonyl (C=O) groups excluding carboxylic acids is 3. The molecule has 0 aliphatic heterocycles. The number of rotatable bonds is 23. The molecular weight excluding hydrogens is 376 g/mol. The van der Waals surface area contributed by atoms with Crippen LogP contribution >= 0.6 is 0 Å². The number of carbonyl (C=O) groups is 3. The molecule has 1 amide bonds. The summed E-state index contributed by atoms with van der Waals surface area (Å²) in [6, 6.07) is -0.622. The molecule has 0 aromatic heterocycles. The predicted molar refractivity (Wildman–Crippen MR) is 125 cm³/mol. The molecule has 3 N–H and O–H groups in total. The number of amides is 1. The maximum atomic E-state index is 12.0. The summed E-state index contributed by atoms with van der Waals surface area (Å²) >= 11 is 0. The lowest BCUT2D eigenvalue weighted by atomic mass is 10.0. The molecule has 0 aromatic carbocycles. The molecule has 1 unspecified atom stereocenters. The second kappa shape index (κ2) is 21.0. The lowest BCUT2D eigenvalue weighted by Gasteiger charge is -2.15. The minimum absolute atomic E-state index is 0.0367. The number of unbranched alkanes of at least 4 members (excludes halogenated alkanes) is 15. The van der Waals surface area contributed by atoms with E-state index >= 15 is 0 Å². The fraction of sp³-hybridized carbons (Fsp3) is 0.880. The molecule has 0 saturated heterocycles. The van der Waals surface area contributed by atoms with Crippen LogP contribution in [-0.2, 0) is 14.4 Å². The van der Waals surface area contributed by atoms with Gasteiger partial charge in [0.05, 0.1) is 12.5 Å². The molecule has 0 heterocycles. The van der Waals surface area contributed by atoms with Crippen molar-refractivity contribution in [2.45, 2.75) is 135 Å². The van der Waals surface area contributed by atoms with Crippen LogP contribution in [0.15, 0.2) is 0 Å². The van der Waals surface area contributed by atoms with Crippen molar-refractivity contribution < 1.29 is 14.4 Å². The average Bonchev–Trinajstić information content (AvgIpc) is 2.68. The largest absolute Gasteiger partial charge is 0.370 e. The summed E-state index contributed by atoms with van der Waals surface area (Å²) in [6.07, 6.45) is 21.0. The molecule has 0 radical (unpaired) electrons. The van der Waals surface area contributed by atoms with Crippen molar-refractivity contribution in [3.05, 3.63) is 0 Å². The molecule has 5 heteroatoms. The lowest BCUT2D eigenvalue weighted by Crippen LogP contribution is -2.41. The molecule has 30 heavy (non-hydrogen) atoms. The molecule has 0 fully saturated rings. The molecule has 0 saturated carbocycles. The maximum absolute atomic E-state index is 12.0. The maximum Gasteiger partial charge on any atom is 0.219 e. The summed E-state index contributed by atoms with van der Waals surface area (Å²) in [4.78, 5) is 34.2. The monoisotopic (exact) mass is 424 g/mol. The molecule has 0 aliphatic rings. The number of hydrogen-bond donors (Lipinski definition) is 2. The number of nitrogens with one attached hydrogen (secondary N) is 1. The fourth-order valence-corrected chi connectivity index (χ4v) is 3.82. The van der Waals surface area contributed by atoms with Crippen molar-refractivity contribution in [2.24, 2.45) is 5.73 Å². The highest BCUT2D eigenvalue weighted by Gasteiger charge is 2.20. The minimum atomic E-state index is -0.622. The molecule has 0 rings (SSSR count). The second-order valence-corrected chi connectivity index (χ2v) is 8.83. The lowest BCUT2D eigenvalue weighted by molar-refractivity contribution is -0.129. The van der Waals surface area contributed by atoms with Crippen LogP contribution in [0.1, 0.15) is 129 Å². The van der Waals surface area contributed by atoms with Gasteiger partial charge in [0.25, 0.3) is 0 Å². The van der Waals surface area contributed by atoms with Crippen molar-refractivity contribution in [3.8, 4) is 0 Å². The molecule has 5 nitrogen and oxygen atoms in total. The van der Waals surface area contributed by atoms with Crippen molar-refractivity contribution in [3.63, 3.8) is 0 Å². The van der Waals surface area contributed by atoms with Gasteiger partial charge >= 0.3 is 0 Å². The van der Waals surface area contributed by atoms with Crippen LogP contribution in [0.5, 0.6) is 0 Å². The first-order valence-electron chi connectivity index (χ1n) is 12.5. The van der Waals surface area contributed by atoms with Gasteiger partial charge in [-0.2, -0.15) is 0 Å². The highest BCUT2D eigenvalue weighted by molar-refractivity contribution is 6.01. The standard InChI is InChI=1S/C25H48N2O3/c1-3-4-5-6-7-8-9-10-11-12-13-14-15-16-17-18-19-27-23(21-25(26)30)24(29)20-22(2)28/h23,27H,3-21H2,1-2H3,(H2,26,30). The van der Waals surface area contributed by atoms with Crippen LogP contribution in [0.3, 0.4) is 0 Å². The highest BCUT2D eigenvalue weighted by atomic mass is 16.2. The first kappa shape index (κ1) is 28.8. The Morgan fingerprint density at radius 2 is 1.10 bits per heavy atom. The van der Waals surface area contributed by atoms with Gasteiger partial charge in [0.15, 0.2) is 5.78 Å². The number of Topliss-reactive ketones (excluding diaryl/α,β-unsaturated/α-hetero) is 2. The minimum Gasteiger partial charge on any atom is -0.370 e. The van der Waals surface area contributed by atoms with E-state index in [9.17, 15) is 14.4 Å². The zero-order valence-corrected chi connectivity index (χ0v) is 19.8. The van der Waals surface area contributed by atoms with E-state index in [0.717, 1.165) is 12.8 Å². The molecular formula is C25H48N2O3. The van der Waals surface area contributed by atoms with E-state index < -0.39 is 11.9 Å². The third kappa shape index (κ3) is 20.1. The van der Waals surface area contributed by atoms with E-state index in [-0.39, 0.29) is 24.4 Å². The highest BCUT2D eigenvalue weighted by Crippen LogP contribution is 2.13. The van der Waals surface area contributed by atoms with Gasteiger partial charge < -0.3 is 11.1 Å². The summed E-state index contributed by atoms with van der Waals surface area (Å²) < 4.78 is 0. The zero-order valence-electron chi connectivity index (χ0n) is 19.8. The summed E-state index contributed by atoms with van der Waals surface area (Å²) in [6.45, 7) is 4.33. The number of primary amides is 1. The van der Waals surface area contributed by atoms with E-state index in [1.54, 1.807) is 0 Å². The van der Waals surface area contributed by atoms with Gasteiger partial charge in [0, 0.05) is 6.42 Å². The van der Waals surface area contributed by atoms with Crippen molar-refractivity contribution >= 4 is 17.5 Å². The number of nitrogens with two attached hydrogens (primary N) is 1. The summed E-state index contributed by atoms with van der Waals surface area (Å²) in [5.41, 5.74) is 5.21. The number of hydrogen-bond acceptors (Lipinski definition) is 4. The van der Waals surface area contributed by atoms with Crippen LogP contribution in [0.25, 0.3) is 0 Å². The average molecular weight is 425 g/mol. The Labute approximate surface area is 185 Å². The third-order valence-electron chi connectivity index (χ3n) is 5.64. The Kier molecular flexibility index (Phi) is 20.2. The zero-order chi connectivity index (χ0) is 22.5. The van der Waals surface area contributed by atoms with Gasteiger partial charge in [0.2, 0.25) is 5.91 Å². The topological polar surface area (TPSA) is 89.3 Å². The Bertz CT molecular complexity index is 452. The predicted octanol–water partition coefficient (Wildman–Crippen LogP) is 5.63. The first-order valence-corrected chi connectivity index (χ1v) is 12.5. The summed E-state index contributed by atoms with van der Waals surface area (Å²) in [7, 11) is 0.